The van der Waals surface area contributed by atoms with Crippen LogP contribution in [0.3, 0.4) is 0 Å². The van der Waals surface area contributed by atoms with Gasteiger partial charge in [-0.3, -0.25) is 9.59 Å². The second-order valence-electron chi connectivity index (χ2n) is 14.8. The highest BCUT2D eigenvalue weighted by Crippen LogP contribution is 2.35. The molecule has 3 amide bonds. The molecule has 0 bridgehead atoms. The summed E-state index contributed by atoms with van der Waals surface area (Å²) in [5, 5.41) is 5.75. The lowest BCUT2D eigenvalue weighted by Crippen LogP contribution is -2.48. The molecule has 3 aliphatic heterocycles. The van der Waals surface area contributed by atoms with E-state index in [0.717, 1.165) is 104 Å². The maximum Gasteiger partial charge on any atom is 0.407 e. The van der Waals surface area contributed by atoms with Crippen LogP contribution in [0.4, 0.5) is 4.79 Å². The largest absolute Gasteiger partial charge is 0.453 e. The number of nitrogens with zero attached hydrogens (tertiary/aromatic N) is 4. The Morgan fingerprint density at radius 1 is 0.759 bits per heavy atom. The van der Waals surface area contributed by atoms with Crippen molar-refractivity contribution in [3.8, 4) is 33.6 Å². The summed E-state index contributed by atoms with van der Waals surface area (Å²) in [7, 11) is 3.41. The molecule has 2 aromatic carbocycles. The van der Waals surface area contributed by atoms with Gasteiger partial charge in [-0.05, 0) is 87.3 Å². The zero-order valence-electron chi connectivity index (χ0n) is 31.3. The van der Waals surface area contributed by atoms with Crippen LogP contribution in [0.2, 0.25) is 0 Å². The Morgan fingerprint density at radius 2 is 1.39 bits per heavy atom. The van der Waals surface area contributed by atoms with Gasteiger partial charge in [0.1, 0.15) is 17.7 Å². The van der Waals surface area contributed by atoms with Crippen molar-refractivity contribution >= 4 is 17.9 Å². The highest BCUT2D eigenvalue weighted by atomic mass is 16.5. The molecule has 3 fully saturated rings. The molecule has 3 atom stereocenters. The molecule has 13 nitrogen and oxygen atoms in total. The van der Waals surface area contributed by atoms with Crippen LogP contribution in [0.5, 0.6) is 0 Å². The van der Waals surface area contributed by atoms with Crippen molar-refractivity contribution in [1.82, 2.24) is 40.4 Å². The van der Waals surface area contributed by atoms with Crippen molar-refractivity contribution < 1.29 is 23.9 Å². The molecule has 0 radical (unpaired) electrons. The molecule has 13 heteroatoms. The molecule has 0 spiro atoms. The van der Waals surface area contributed by atoms with E-state index in [1.165, 1.54) is 7.11 Å². The number of ether oxygens (including phenoxy) is 2. The zero-order valence-corrected chi connectivity index (χ0v) is 31.3. The number of likely N-dealkylation sites (tertiary alicyclic amines) is 2. The van der Waals surface area contributed by atoms with Gasteiger partial charge in [-0.2, -0.15) is 0 Å². The first-order chi connectivity index (χ1) is 26.4. The van der Waals surface area contributed by atoms with E-state index in [9.17, 15) is 14.4 Å². The predicted octanol–water partition coefficient (Wildman–Crippen LogP) is 6.00. The van der Waals surface area contributed by atoms with Gasteiger partial charge in [0.05, 0.1) is 43.0 Å². The normalized spacial score (nSPS) is 22.2. The van der Waals surface area contributed by atoms with E-state index in [4.69, 9.17) is 14.5 Å². The topological polar surface area (TPSA) is 158 Å². The number of benzene rings is 2. The summed E-state index contributed by atoms with van der Waals surface area (Å²) in [6, 6.07) is 15.6. The van der Waals surface area contributed by atoms with E-state index in [1.807, 2.05) is 6.20 Å². The Balaban J connectivity index is 0.991. The van der Waals surface area contributed by atoms with Crippen LogP contribution in [0.1, 0.15) is 81.5 Å². The number of imidazole rings is 2. The molecule has 54 heavy (non-hydrogen) atoms. The molecule has 0 unspecified atom stereocenters. The average Bonchev–Trinajstić information content (AvgIpc) is 3.99. The van der Waals surface area contributed by atoms with E-state index in [2.05, 4.69) is 91.0 Å². The first-order valence-corrected chi connectivity index (χ1v) is 19.4. The maximum atomic E-state index is 13.5. The van der Waals surface area contributed by atoms with E-state index >= 15 is 0 Å². The van der Waals surface area contributed by atoms with Gasteiger partial charge in [-0.15, -0.1) is 0 Å². The van der Waals surface area contributed by atoms with Crippen LogP contribution in [-0.2, 0) is 19.1 Å². The fraction of sp³-hybridized carbons (Fsp3) is 0.488. The number of H-pyrrole nitrogens is 2. The quantitative estimate of drug-likeness (QED) is 0.180. The minimum Gasteiger partial charge on any atom is -0.453 e. The van der Waals surface area contributed by atoms with Crippen LogP contribution < -0.4 is 10.6 Å². The number of nitrogens with one attached hydrogen (secondary N) is 4. The molecule has 7 rings (SSSR count). The number of aromatic nitrogens is 4. The lowest BCUT2D eigenvalue weighted by Gasteiger charge is -2.32. The number of carbonyl (C=O) groups excluding carboxylic acids is 3. The standard InChI is InChI=1S/C41H52N8O5/c1-48-21-17-31(18-22-48)40(51)49-20-6-8-36(49)38-43-26-35(45-38)30-15-11-28(12-16-30)27-9-13-29(14-10-27)34-25-42-37(44-34)32-19-24-54-23-5-3-4-7-33(39(50)46-32)47-41(52)53-2/h9-16,25-26,31-33,36H,3-8,17-24H2,1-2H3,(H,42,44)(H,43,45)(H,46,50)(H,47,52)/t32-,33-,36-/m0/s1. The minimum absolute atomic E-state index is 0.00480. The Kier molecular flexibility index (Phi) is 12.0. The molecule has 286 valence electrons. The number of aromatic amines is 2. The number of piperidine rings is 1. The second-order valence-corrected chi connectivity index (χ2v) is 14.8. The van der Waals surface area contributed by atoms with E-state index in [-0.39, 0.29) is 23.8 Å². The third kappa shape index (κ3) is 8.85. The summed E-state index contributed by atoms with van der Waals surface area (Å²) in [6.07, 6.45) is 10.5. The van der Waals surface area contributed by atoms with Crippen LogP contribution in [0, 0.1) is 5.92 Å². The van der Waals surface area contributed by atoms with Gasteiger partial charge in [-0.1, -0.05) is 61.4 Å². The Morgan fingerprint density at radius 3 is 2.06 bits per heavy atom. The summed E-state index contributed by atoms with van der Waals surface area (Å²) in [6.45, 7) is 3.88. The smallest absolute Gasteiger partial charge is 0.407 e. The molecular weight excluding hydrogens is 685 g/mol. The Bertz CT molecular complexity index is 1860. The molecule has 3 aliphatic rings. The Labute approximate surface area is 316 Å². The van der Waals surface area contributed by atoms with Crippen molar-refractivity contribution in [2.45, 2.75) is 75.9 Å². The zero-order chi connectivity index (χ0) is 37.4. The lowest BCUT2D eigenvalue weighted by atomic mass is 9.95. The van der Waals surface area contributed by atoms with Crippen molar-refractivity contribution in [3.05, 3.63) is 72.6 Å². The van der Waals surface area contributed by atoms with Crippen LogP contribution in [0.15, 0.2) is 60.9 Å². The third-order valence-electron chi connectivity index (χ3n) is 11.1. The fourth-order valence-corrected chi connectivity index (χ4v) is 7.85. The second kappa shape index (κ2) is 17.4. The monoisotopic (exact) mass is 736 g/mol. The van der Waals surface area contributed by atoms with Crippen molar-refractivity contribution in [2.24, 2.45) is 5.92 Å². The summed E-state index contributed by atoms with van der Waals surface area (Å²) in [5.74, 6) is 1.62. The van der Waals surface area contributed by atoms with Gasteiger partial charge >= 0.3 is 6.09 Å². The third-order valence-corrected chi connectivity index (χ3v) is 11.1. The Hall–Kier alpha value is -5.01. The molecule has 3 saturated heterocycles. The van der Waals surface area contributed by atoms with E-state index < -0.39 is 18.2 Å². The first-order valence-electron chi connectivity index (χ1n) is 19.4. The molecule has 4 N–H and O–H groups in total. The highest BCUT2D eigenvalue weighted by molar-refractivity contribution is 5.86. The predicted molar refractivity (Wildman–Crippen MR) is 205 cm³/mol. The number of amides is 3. The summed E-state index contributed by atoms with van der Waals surface area (Å²) in [4.78, 5) is 59.4. The number of hydrogen-bond acceptors (Lipinski definition) is 8. The van der Waals surface area contributed by atoms with E-state index in [0.29, 0.717) is 31.9 Å². The molecular formula is C41H52N8O5. The number of hydrogen-bond donors (Lipinski definition) is 4. The molecule has 5 heterocycles. The van der Waals surface area contributed by atoms with E-state index in [1.54, 1.807) is 6.20 Å². The van der Waals surface area contributed by atoms with Gasteiger partial charge in [0.25, 0.3) is 0 Å². The van der Waals surface area contributed by atoms with Crippen LogP contribution >= 0.6 is 0 Å². The minimum atomic E-state index is -0.693. The summed E-state index contributed by atoms with van der Waals surface area (Å²) < 4.78 is 10.6. The molecule has 4 aromatic rings. The van der Waals surface area contributed by atoms with Crippen molar-refractivity contribution in [1.29, 1.82) is 0 Å². The van der Waals surface area contributed by atoms with Gasteiger partial charge in [-0.25, -0.2) is 14.8 Å². The van der Waals surface area contributed by atoms with Crippen LogP contribution in [-0.4, -0.2) is 101 Å². The SMILES string of the molecule is COC(=O)N[C@H]1CCCCCOCC[C@@H](c2ncc(-c3ccc(-c4ccc(-c5cnc([C@@H]6CCCN6C(=O)C6CCN(C)CC6)[nH]5)cc4)cc3)[nH]2)NC1=O. The number of carbonyl (C=O) groups is 3. The summed E-state index contributed by atoms with van der Waals surface area (Å²) in [5.41, 5.74) is 5.96. The summed E-state index contributed by atoms with van der Waals surface area (Å²) >= 11 is 0. The molecule has 2 aromatic heterocycles. The molecule has 0 saturated carbocycles. The van der Waals surface area contributed by atoms with Gasteiger partial charge in [0.2, 0.25) is 11.8 Å². The van der Waals surface area contributed by atoms with Gasteiger partial charge in [0, 0.05) is 25.7 Å². The van der Waals surface area contributed by atoms with Gasteiger partial charge in [0.15, 0.2) is 0 Å². The lowest BCUT2D eigenvalue weighted by molar-refractivity contribution is -0.138. The first kappa shape index (κ1) is 37.3. The maximum absolute atomic E-state index is 13.5. The number of methoxy groups -OCH3 is 1. The molecule has 0 aliphatic carbocycles. The van der Waals surface area contributed by atoms with Gasteiger partial charge < -0.3 is 39.9 Å². The van der Waals surface area contributed by atoms with Crippen molar-refractivity contribution in [3.63, 3.8) is 0 Å². The number of alkyl carbamates (subject to hydrolysis) is 1. The van der Waals surface area contributed by atoms with Crippen molar-refractivity contribution in [2.75, 3.05) is 47.0 Å². The number of rotatable bonds is 7. The van der Waals surface area contributed by atoms with Crippen LogP contribution in [0.25, 0.3) is 33.6 Å². The average molecular weight is 737 g/mol. The highest BCUT2D eigenvalue weighted by Gasteiger charge is 2.36. The fourth-order valence-electron chi connectivity index (χ4n) is 7.85.